The zero-order valence-electron chi connectivity index (χ0n) is 12.5. The van der Waals surface area contributed by atoms with E-state index in [1.165, 1.54) is 12.8 Å². The van der Waals surface area contributed by atoms with Crippen LogP contribution in [0.25, 0.3) is 0 Å². The van der Waals surface area contributed by atoms with Crippen LogP contribution in [-0.2, 0) is 4.79 Å². The molecule has 1 saturated carbocycles. The number of hydrogen-bond acceptors (Lipinski definition) is 2. The van der Waals surface area contributed by atoms with Gasteiger partial charge >= 0.3 is 5.97 Å². The molecule has 3 nitrogen and oxygen atoms in total. The Morgan fingerprint density at radius 3 is 2.45 bits per heavy atom. The van der Waals surface area contributed by atoms with E-state index in [1.54, 1.807) is 0 Å². The van der Waals surface area contributed by atoms with Crippen molar-refractivity contribution in [2.75, 3.05) is 6.54 Å². The molecule has 1 N–H and O–H groups in total. The van der Waals surface area contributed by atoms with Crippen LogP contribution >= 0.6 is 0 Å². The van der Waals surface area contributed by atoms with Crippen molar-refractivity contribution < 1.29 is 9.90 Å². The molecule has 0 radical (unpaired) electrons. The standard InChI is InChI=1S/C17H25NO2/c1-13(2)10-11-18(15-8-9-15)16(12-17(19)20)14-6-4-3-5-7-14/h3-7,13,15-16H,8-12H2,1-2H3,(H,19,20). The molecule has 0 spiro atoms. The molecule has 1 unspecified atom stereocenters. The summed E-state index contributed by atoms with van der Waals surface area (Å²) in [4.78, 5) is 13.7. The molecule has 1 atom stereocenters. The summed E-state index contributed by atoms with van der Waals surface area (Å²) in [5.74, 6) is -0.0634. The number of carboxylic acid groups (broad SMARTS) is 1. The Hall–Kier alpha value is -1.35. The van der Waals surface area contributed by atoms with Crippen molar-refractivity contribution in [1.82, 2.24) is 4.90 Å². The highest BCUT2D eigenvalue weighted by Gasteiger charge is 2.35. The number of carboxylic acids is 1. The van der Waals surface area contributed by atoms with Gasteiger partial charge in [-0.3, -0.25) is 9.69 Å². The summed E-state index contributed by atoms with van der Waals surface area (Å²) in [6, 6.07) is 10.7. The number of aliphatic carboxylic acids is 1. The SMILES string of the molecule is CC(C)CCN(C1CC1)C(CC(=O)O)c1ccccc1. The van der Waals surface area contributed by atoms with Gasteiger partial charge in [-0.1, -0.05) is 44.2 Å². The van der Waals surface area contributed by atoms with Gasteiger partial charge in [0.05, 0.1) is 6.42 Å². The second kappa shape index (κ2) is 6.89. The molecule has 1 aromatic rings. The fourth-order valence-corrected chi connectivity index (χ4v) is 2.67. The third-order valence-electron chi connectivity index (χ3n) is 3.93. The highest BCUT2D eigenvalue weighted by Crippen LogP contribution is 2.36. The van der Waals surface area contributed by atoms with Crippen LogP contribution in [0, 0.1) is 5.92 Å². The third-order valence-corrected chi connectivity index (χ3v) is 3.93. The Labute approximate surface area is 121 Å². The first-order chi connectivity index (χ1) is 9.58. The molecule has 1 fully saturated rings. The van der Waals surface area contributed by atoms with Crippen LogP contribution in [0.3, 0.4) is 0 Å². The molecule has 0 bridgehead atoms. The monoisotopic (exact) mass is 275 g/mol. The Morgan fingerprint density at radius 2 is 1.95 bits per heavy atom. The molecule has 0 aliphatic heterocycles. The lowest BCUT2D eigenvalue weighted by Crippen LogP contribution is -2.34. The van der Waals surface area contributed by atoms with E-state index >= 15 is 0 Å². The first-order valence-corrected chi connectivity index (χ1v) is 7.60. The first-order valence-electron chi connectivity index (χ1n) is 7.60. The first kappa shape index (κ1) is 15.0. The number of rotatable bonds is 8. The van der Waals surface area contributed by atoms with Crippen molar-refractivity contribution in [3.8, 4) is 0 Å². The lowest BCUT2D eigenvalue weighted by atomic mass is 10.0. The maximum Gasteiger partial charge on any atom is 0.305 e. The van der Waals surface area contributed by atoms with Crippen molar-refractivity contribution >= 4 is 5.97 Å². The maximum absolute atomic E-state index is 11.2. The molecule has 1 aromatic carbocycles. The van der Waals surface area contributed by atoms with Gasteiger partial charge in [-0.2, -0.15) is 0 Å². The number of nitrogens with zero attached hydrogens (tertiary/aromatic N) is 1. The molecular formula is C17H25NO2. The smallest absolute Gasteiger partial charge is 0.305 e. The largest absolute Gasteiger partial charge is 0.481 e. The van der Waals surface area contributed by atoms with E-state index in [1.807, 2.05) is 18.2 Å². The number of carbonyl (C=O) groups is 1. The highest BCUT2D eigenvalue weighted by molar-refractivity contribution is 5.68. The molecule has 2 rings (SSSR count). The fourth-order valence-electron chi connectivity index (χ4n) is 2.67. The molecule has 0 saturated heterocycles. The Bertz CT molecular complexity index is 426. The number of hydrogen-bond donors (Lipinski definition) is 1. The Morgan fingerprint density at radius 1 is 1.30 bits per heavy atom. The van der Waals surface area contributed by atoms with E-state index in [-0.39, 0.29) is 12.5 Å². The maximum atomic E-state index is 11.2. The lowest BCUT2D eigenvalue weighted by Gasteiger charge is -2.32. The Balaban J connectivity index is 2.16. The lowest BCUT2D eigenvalue weighted by molar-refractivity contribution is -0.138. The van der Waals surface area contributed by atoms with Gasteiger partial charge in [-0.15, -0.1) is 0 Å². The zero-order chi connectivity index (χ0) is 14.5. The molecule has 110 valence electrons. The van der Waals surface area contributed by atoms with E-state index in [2.05, 4.69) is 30.9 Å². The van der Waals surface area contributed by atoms with Crippen LogP contribution in [0.15, 0.2) is 30.3 Å². The summed E-state index contributed by atoms with van der Waals surface area (Å²) in [6.07, 6.45) is 3.74. The second-order valence-corrected chi connectivity index (χ2v) is 6.18. The minimum absolute atomic E-state index is 0.0138. The fraction of sp³-hybridized carbons (Fsp3) is 0.588. The van der Waals surface area contributed by atoms with Crippen molar-refractivity contribution in [1.29, 1.82) is 0 Å². The molecule has 20 heavy (non-hydrogen) atoms. The number of benzene rings is 1. The average molecular weight is 275 g/mol. The van der Waals surface area contributed by atoms with Gasteiger partial charge in [0.25, 0.3) is 0 Å². The van der Waals surface area contributed by atoms with E-state index < -0.39 is 5.97 Å². The second-order valence-electron chi connectivity index (χ2n) is 6.18. The molecule has 0 aromatic heterocycles. The molecule has 3 heteroatoms. The summed E-state index contributed by atoms with van der Waals surface area (Å²) < 4.78 is 0. The van der Waals surface area contributed by atoms with Crippen LogP contribution < -0.4 is 0 Å². The van der Waals surface area contributed by atoms with Crippen molar-refractivity contribution in [3.05, 3.63) is 35.9 Å². The highest BCUT2D eigenvalue weighted by atomic mass is 16.4. The van der Waals surface area contributed by atoms with Gasteiger partial charge in [0.1, 0.15) is 0 Å². The summed E-state index contributed by atoms with van der Waals surface area (Å²) in [7, 11) is 0. The predicted molar refractivity (Wildman–Crippen MR) is 80.6 cm³/mol. The molecular weight excluding hydrogens is 250 g/mol. The van der Waals surface area contributed by atoms with Crippen LogP contribution in [0.5, 0.6) is 0 Å². The summed E-state index contributed by atoms with van der Waals surface area (Å²) in [5.41, 5.74) is 1.13. The van der Waals surface area contributed by atoms with Crippen molar-refractivity contribution in [2.45, 2.75) is 51.6 Å². The molecule has 0 heterocycles. The molecule has 1 aliphatic carbocycles. The summed E-state index contributed by atoms with van der Waals surface area (Å²) >= 11 is 0. The topological polar surface area (TPSA) is 40.5 Å². The quantitative estimate of drug-likeness (QED) is 0.786. The predicted octanol–water partition coefficient (Wildman–Crippen LogP) is 3.71. The molecule has 1 aliphatic rings. The summed E-state index contributed by atoms with van der Waals surface area (Å²) in [6.45, 7) is 5.44. The van der Waals surface area contributed by atoms with Gasteiger partial charge in [-0.05, 0) is 37.3 Å². The molecule has 0 amide bonds. The van der Waals surface area contributed by atoms with E-state index in [0.29, 0.717) is 12.0 Å². The van der Waals surface area contributed by atoms with Crippen LogP contribution in [0.4, 0.5) is 0 Å². The average Bonchev–Trinajstić information content (AvgIpc) is 3.22. The van der Waals surface area contributed by atoms with E-state index in [9.17, 15) is 9.90 Å². The normalized spacial score (nSPS) is 16.6. The van der Waals surface area contributed by atoms with Gasteiger partial charge < -0.3 is 5.11 Å². The minimum Gasteiger partial charge on any atom is -0.481 e. The van der Waals surface area contributed by atoms with Crippen molar-refractivity contribution in [3.63, 3.8) is 0 Å². The van der Waals surface area contributed by atoms with E-state index in [4.69, 9.17) is 0 Å². The van der Waals surface area contributed by atoms with Gasteiger partial charge in [0.15, 0.2) is 0 Å². The summed E-state index contributed by atoms with van der Waals surface area (Å²) in [5, 5.41) is 9.25. The van der Waals surface area contributed by atoms with E-state index in [0.717, 1.165) is 18.5 Å². The Kier molecular flexibility index (Phi) is 5.18. The van der Waals surface area contributed by atoms with Gasteiger partial charge in [0, 0.05) is 12.1 Å². The minimum atomic E-state index is -0.714. The van der Waals surface area contributed by atoms with Crippen LogP contribution in [0.2, 0.25) is 0 Å². The van der Waals surface area contributed by atoms with Gasteiger partial charge in [-0.25, -0.2) is 0 Å². The van der Waals surface area contributed by atoms with Crippen LogP contribution in [0.1, 0.15) is 51.1 Å². The zero-order valence-corrected chi connectivity index (χ0v) is 12.5. The van der Waals surface area contributed by atoms with Gasteiger partial charge in [0.2, 0.25) is 0 Å². The van der Waals surface area contributed by atoms with Crippen LogP contribution in [-0.4, -0.2) is 28.6 Å². The third kappa shape index (κ3) is 4.34. The van der Waals surface area contributed by atoms with Crippen molar-refractivity contribution in [2.24, 2.45) is 5.92 Å².